The molecule has 0 aliphatic heterocycles. The lowest BCUT2D eigenvalue weighted by molar-refractivity contribution is 0.0654. The summed E-state index contributed by atoms with van der Waals surface area (Å²) < 4.78 is 0. The van der Waals surface area contributed by atoms with Gasteiger partial charge in [0, 0.05) is 18.1 Å². The molecule has 2 rings (SSSR count). The van der Waals surface area contributed by atoms with E-state index < -0.39 is 0 Å². The Hall–Kier alpha value is -0.0800. The number of hydrogen-bond donors (Lipinski definition) is 1. The molecule has 0 saturated heterocycles. The van der Waals surface area contributed by atoms with Crippen LogP contribution in [0.2, 0.25) is 0 Å². The van der Waals surface area contributed by atoms with Crippen LogP contribution in [0.25, 0.3) is 0 Å². The number of rotatable bonds is 6. The van der Waals surface area contributed by atoms with Crippen LogP contribution in [0.15, 0.2) is 0 Å². The molecule has 1 atom stereocenters. The molecule has 0 amide bonds. The summed E-state index contributed by atoms with van der Waals surface area (Å²) in [5, 5.41) is 0. The normalized spacial score (nSPS) is 26.4. The quantitative estimate of drug-likeness (QED) is 0.729. The van der Waals surface area contributed by atoms with Crippen molar-refractivity contribution >= 4 is 0 Å². The highest BCUT2D eigenvalue weighted by Crippen LogP contribution is 2.39. The summed E-state index contributed by atoms with van der Waals surface area (Å²) in [6.07, 6.45) is 8.45. The Morgan fingerprint density at radius 2 is 1.93 bits per heavy atom. The van der Waals surface area contributed by atoms with Gasteiger partial charge in [0.15, 0.2) is 0 Å². The minimum absolute atomic E-state index is 0.279. The van der Waals surface area contributed by atoms with E-state index in [4.69, 9.17) is 5.73 Å². The van der Waals surface area contributed by atoms with Crippen molar-refractivity contribution < 1.29 is 0 Å². The number of hydrogen-bond acceptors (Lipinski definition) is 2. The highest BCUT2D eigenvalue weighted by molar-refractivity contribution is 4.98. The van der Waals surface area contributed by atoms with Crippen LogP contribution >= 0.6 is 0 Å². The maximum atomic E-state index is 6.03. The van der Waals surface area contributed by atoms with E-state index in [1.165, 1.54) is 45.1 Å². The Balaban J connectivity index is 1.96. The molecule has 1 unspecified atom stereocenters. The smallest absolute Gasteiger partial charge is 0.0309 e. The molecule has 2 fully saturated rings. The van der Waals surface area contributed by atoms with Crippen LogP contribution in [0.1, 0.15) is 52.4 Å². The van der Waals surface area contributed by atoms with Crippen molar-refractivity contribution in [1.82, 2.24) is 4.90 Å². The van der Waals surface area contributed by atoms with Gasteiger partial charge in [0.25, 0.3) is 0 Å². The van der Waals surface area contributed by atoms with Crippen LogP contribution in [-0.2, 0) is 0 Å². The first-order valence-electron chi connectivity index (χ1n) is 6.66. The number of likely N-dealkylation sites (N-methyl/N-ethyl adjacent to an activating group) is 1. The molecule has 0 aromatic heterocycles. The first-order valence-corrected chi connectivity index (χ1v) is 6.66. The zero-order valence-electron chi connectivity index (χ0n) is 10.3. The summed E-state index contributed by atoms with van der Waals surface area (Å²) in [5.41, 5.74) is 6.31. The number of nitrogens with zero attached hydrogens (tertiary/aromatic N) is 1. The Morgan fingerprint density at radius 3 is 2.27 bits per heavy atom. The predicted octanol–water partition coefficient (Wildman–Crippen LogP) is 2.38. The Morgan fingerprint density at radius 1 is 1.27 bits per heavy atom. The molecular weight excluding hydrogens is 184 g/mol. The van der Waals surface area contributed by atoms with Gasteiger partial charge >= 0.3 is 0 Å². The van der Waals surface area contributed by atoms with E-state index in [0.29, 0.717) is 0 Å². The molecule has 0 bridgehead atoms. The molecule has 2 nitrogen and oxygen atoms in total. The zero-order valence-corrected chi connectivity index (χ0v) is 10.3. The van der Waals surface area contributed by atoms with Crippen molar-refractivity contribution in [3.05, 3.63) is 0 Å². The molecule has 2 aliphatic rings. The van der Waals surface area contributed by atoms with Gasteiger partial charge < -0.3 is 5.73 Å². The van der Waals surface area contributed by atoms with E-state index in [1.54, 1.807) is 0 Å². The van der Waals surface area contributed by atoms with E-state index in [-0.39, 0.29) is 5.54 Å². The fourth-order valence-corrected chi connectivity index (χ4v) is 3.10. The molecule has 2 N–H and O–H groups in total. The van der Waals surface area contributed by atoms with Crippen molar-refractivity contribution in [2.24, 2.45) is 11.7 Å². The van der Waals surface area contributed by atoms with Gasteiger partial charge in [-0.05, 0) is 38.6 Å². The van der Waals surface area contributed by atoms with Crippen molar-refractivity contribution in [2.75, 3.05) is 13.1 Å². The Bertz CT molecular complexity index is 209. The van der Waals surface area contributed by atoms with Crippen LogP contribution in [0, 0.1) is 5.92 Å². The van der Waals surface area contributed by atoms with E-state index in [1.807, 2.05) is 0 Å². The summed E-state index contributed by atoms with van der Waals surface area (Å²) in [7, 11) is 0. The maximum Gasteiger partial charge on any atom is 0.0309 e. The van der Waals surface area contributed by atoms with E-state index in [9.17, 15) is 0 Å². The first kappa shape index (κ1) is 11.4. The molecule has 0 spiro atoms. The van der Waals surface area contributed by atoms with Gasteiger partial charge in [-0.2, -0.15) is 0 Å². The predicted molar refractivity (Wildman–Crippen MR) is 64.8 cm³/mol. The van der Waals surface area contributed by atoms with Crippen LogP contribution < -0.4 is 5.73 Å². The third-order valence-electron chi connectivity index (χ3n) is 4.41. The molecule has 15 heavy (non-hydrogen) atoms. The lowest BCUT2D eigenvalue weighted by atomic mass is 9.76. The van der Waals surface area contributed by atoms with Crippen LogP contribution in [0.5, 0.6) is 0 Å². The highest BCUT2D eigenvalue weighted by atomic mass is 15.2. The van der Waals surface area contributed by atoms with Crippen LogP contribution in [0.4, 0.5) is 0 Å². The summed E-state index contributed by atoms with van der Waals surface area (Å²) in [6, 6.07) is 0.851. The molecule has 0 aromatic carbocycles. The van der Waals surface area contributed by atoms with Crippen molar-refractivity contribution in [3.63, 3.8) is 0 Å². The molecule has 0 radical (unpaired) electrons. The Labute approximate surface area is 94.2 Å². The minimum atomic E-state index is 0.279. The van der Waals surface area contributed by atoms with Crippen molar-refractivity contribution in [3.8, 4) is 0 Å². The number of nitrogens with two attached hydrogens (primary N) is 1. The lowest BCUT2D eigenvalue weighted by Crippen LogP contribution is -2.54. The third kappa shape index (κ3) is 2.36. The topological polar surface area (TPSA) is 29.3 Å². The standard InChI is InChI=1S/C13H26N2/c1-3-15(12-7-8-12)13(2,10-14)9-11-5-4-6-11/h11-12H,3-10,14H2,1-2H3. The van der Waals surface area contributed by atoms with Gasteiger partial charge in [-0.3, -0.25) is 4.90 Å². The summed E-state index contributed by atoms with van der Waals surface area (Å²) in [4.78, 5) is 2.67. The summed E-state index contributed by atoms with van der Waals surface area (Å²) >= 11 is 0. The fraction of sp³-hybridized carbons (Fsp3) is 1.00. The molecule has 88 valence electrons. The van der Waals surface area contributed by atoms with Gasteiger partial charge in [-0.25, -0.2) is 0 Å². The molecule has 2 aliphatic carbocycles. The molecule has 0 heterocycles. The Kier molecular flexibility index (Phi) is 3.36. The van der Waals surface area contributed by atoms with Crippen molar-refractivity contribution in [1.29, 1.82) is 0 Å². The maximum absolute atomic E-state index is 6.03. The van der Waals surface area contributed by atoms with Gasteiger partial charge in [0.05, 0.1) is 0 Å². The first-order chi connectivity index (χ1) is 7.19. The minimum Gasteiger partial charge on any atom is -0.329 e. The molecule has 2 heteroatoms. The summed E-state index contributed by atoms with van der Waals surface area (Å²) in [6.45, 7) is 6.67. The molecule has 0 aromatic rings. The average molecular weight is 210 g/mol. The second-order valence-electron chi connectivity index (χ2n) is 5.72. The van der Waals surface area contributed by atoms with Crippen molar-refractivity contribution in [2.45, 2.75) is 64.0 Å². The van der Waals surface area contributed by atoms with Gasteiger partial charge in [0.2, 0.25) is 0 Å². The SMILES string of the molecule is CCN(C1CC1)C(C)(CN)CC1CCC1. The second-order valence-corrected chi connectivity index (χ2v) is 5.72. The molecule has 2 saturated carbocycles. The highest BCUT2D eigenvalue weighted by Gasteiger charge is 2.41. The lowest BCUT2D eigenvalue weighted by Gasteiger charge is -2.44. The molecular formula is C13H26N2. The van der Waals surface area contributed by atoms with Gasteiger partial charge in [-0.1, -0.05) is 26.2 Å². The monoisotopic (exact) mass is 210 g/mol. The summed E-state index contributed by atoms with van der Waals surface area (Å²) in [5.74, 6) is 0.964. The fourth-order valence-electron chi connectivity index (χ4n) is 3.10. The van der Waals surface area contributed by atoms with E-state index >= 15 is 0 Å². The third-order valence-corrected chi connectivity index (χ3v) is 4.41. The average Bonchev–Trinajstić information content (AvgIpc) is 2.97. The van der Waals surface area contributed by atoms with E-state index in [0.717, 1.165) is 18.5 Å². The van der Waals surface area contributed by atoms with E-state index in [2.05, 4.69) is 18.7 Å². The van der Waals surface area contributed by atoms with Crippen LogP contribution in [0.3, 0.4) is 0 Å². The zero-order chi connectivity index (χ0) is 10.9. The second kappa shape index (κ2) is 4.42. The largest absolute Gasteiger partial charge is 0.329 e. The van der Waals surface area contributed by atoms with Crippen LogP contribution in [-0.4, -0.2) is 29.6 Å². The van der Waals surface area contributed by atoms with Gasteiger partial charge in [0.1, 0.15) is 0 Å². The van der Waals surface area contributed by atoms with Gasteiger partial charge in [-0.15, -0.1) is 0 Å².